The van der Waals surface area contributed by atoms with E-state index in [9.17, 15) is 26.7 Å². The standard InChI is InChI=1S/C16H17F5O4/c1-7-13(9-5-10(17)11(18)6-12(9)23-4)14(24-8(2)22)25-15(7,3)16(19,20)21/h5-7,13-14H,1-4H3/t7-,13-,14+,15+/m0/s1/i4D3. The first-order valence-electron chi connectivity index (χ1n) is 8.66. The summed E-state index contributed by atoms with van der Waals surface area (Å²) in [6.45, 7) is 2.76. The Hall–Kier alpha value is -1.90. The van der Waals surface area contributed by atoms with Gasteiger partial charge in [0, 0.05) is 24.5 Å². The fourth-order valence-corrected chi connectivity index (χ4v) is 2.89. The molecule has 0 aromatic heterocycles. The summed E-state index contributed by atoms with van der Waals surface area (Å²) in [5, 5.41) is 0. The Bertz CT molecular complexity index is 768. The van der Waals surface area contributed by atoms with Crippen LogP contribution in [-0.2, 0) is 14.3 Å². The van der Waals surface area contributed by atoms with Crippen molar-refractivity contribution in [2.75, 3.05) is 7.04 Å². The Morgan fingerprint density at radius 3 is 2.44 bits per heavy atom. The SMILES string of the molecule is [2H]C([2H])([2H])Oc1cc(F)c(F)cc1[C@H]1[C@H](OC(C)=O)O[C@@](C)(C(F)(F)F)[C@H]1C. The zero-order chi connectivity index (χ0) is 21.7. The van der Waals surface area contributed by atoms with Gasteiger partial charge in [-0.15, -0.1) is 0 Å². The maximum absolute atomic E-state index is 13.8. The number of hydrogen-bond donors (Lipinski definition) is 0. The number of ether oxygens (including phenoxy) is 3. The molecule has 0 aliphatic carbocycles. The molecule has 1 aliphatic rings. The van der Waals surface area contributed by atoms with Gasteiger partial charge in [0.1, 0.15) is 5.75 Å². The van der Waals surface area contributed by atoms with E-state index in [1.54, 1.807) is 0 Å². The molecule has 0 N–H and O–H groups in total. The lowest BCUT2D eigenvalue weighted by molar-refractivity contribution is -0.293. The maximum atomic E-state index is 13.8. The highest BCUT2D eigenvalue weighted by Gasteiger charge is 2.65. The van der Waals surface area contributed by atoms with Gasteiger partial charge in [-0.1, -0.05) is 6.92 Å². The van der Waals surface area contributed by atoms with Crippen molar-refractivity contribution in [3.05, 3.63) is 29.3 Å². The molecule has 1 heterocycles. The Morgan fingerprint density at radius 2 is 1.92 bits per heavy atom. The molecule has 0 amide bonds. The van der Waals surface area contributed by atoms with Crippen molar-refractivity contribution in [3.63, 3.8) is 0 Å². The molecule has 2 rings (SSSR count). The predicted molar refractivity (Wildman–Crippen MR) is 75.9 cm³/mol. The van der Waals surface area contributed by atoms with Gasteiger partial charge in [-0.2, -0.15) is 13.2 Å². The Labute approximate surface area is 145 Å². The van der Waals surface area contributed by atoms with E-state index >= 15 is 0 Å². The lowest BCUT2D eigenvalue weighted by Gasteiger charge is -2.31. The smallest absolute Gasteiger partial charge is 0.417 e. The van der Waals surface area contributed by atoms with Crippen LogP contribution < -0.4 is 4.74 Å². The average Bonchev–Trinajstić information content (AvgIpc) is 2.72. The summed E-state index contributed by atoms with van der Waals surface area (Å²) in [4.78, 5) is 11.3. The second kappa shape index (κ2) is 6.44. The van der Waals surface area contributed by atoms with E-state index in [4.69, 9.17) is 13.6 Å². The molecule has 140 valence electrons. The normalized spacial score (nSPS) is 31.8. The number of rotatable bonds is 3. The molecule has 25 heavy (non-hydrogen) atoms. The number of halogens is 5. The highest BCUT2D eigenvalue weighted by atomic mass is 19.4. The zero-order valence-corrected chi connectivity index (χ0v) is 13.4. The van der Waals surface area contributed by atoms with E-state index in [0.717, 1.165) is 20.8 Å². The molecule has 1 aromatic carbocycles. The summed E-state index contributed by atoms with van der Waals surface area (Å²) in [6, 6.07) is 0.928. The molecule has 9 heteroatoms. The minimum absolute atomic E-state index is 0.415. The topological polar surface area (TPSA) is 44.8 Å². The third-order valence-corrected chi connectivity index (χ3v) is 4.43. The van der Waals surface area contributed by atoms with Gasteiger partial charge in [0.2, 0.25) is 6.29 Å². The van der Waals surface area contributed by atoms with Gasteiger partial charge < -0.3 is 14.2 Å². The molecule has 0 bridgehead atoms. The summed E-state index contributed by atoms with van der Waals surface area (Å²) in [6.07, 6.45) is -6.73. The first-order chi connectivity index (χ1) is 12.6. The van der Waals surface area contributed by atoms with Gasteiger partial charge in [-0.25, -0.2) is 8.78 Å². The van der Waals surface area contributed by atoms with Crippen LogP contribution in [0, 0.1) is 17.6 Å². The van der Waals surface area contributed by atoms with Gasteiger partial charge in [-0.05, 0) is 13.0 Å². The third-order valence-electron chi connectivity index (χ3n) is 4.43. The molecular weight excluding hydrogens is 351 g/mol. The number of hydrogen-bond acceptors (Lipinski definition) is 4. The number of benzene rings is 1. The van der Waals surface area contributed by atoms with Crippen molar-refractivity contribution < 1.29 is 45.1 Å². The predicted octanol–water partition coefficient (Wildman–Crippen LogP) is 3.93. The summed E-state index contributed by atoms with van der Waals surface area (Å²) < 4.78 is 104. The van der Waals surface area contributed by atoms with Crippen LogP contribution in [0.25, 0.3) is 0 Å². The highest BCUT2D eigenvalue weighted by molar-refractivity contribution is 5.66. The van der Waals surface area contributed by atoms with Crippen molar-refractivity contribution in [3.8, 4) is 5.75 Å². The van der Waals surface area contributed by atoms with Crippen LogP contribution in [0.5, 0.6) is 5.75 Å². The van der Waals surface area contributed by atoms with Crippen molar-refractivity contribution in [2.24, 2.45) is 5.92 Å². The van der Waals surface area contributed by atoms with Gasteiger partial charge in [0.05, 0.1) is 17.1 Å². The molecule has 0 unspecified atom stereocenters. The summed E-state index contributed by atoms with van der Waals surface area (Å²) in [5.74, 6) is -7.54. The minimum atomic E-state index is -4.90. The molecule has 4 nitrogen and oxygen atoms in total. The fourth-order valence-electron chi connectivity index (χ4n) is 2.89. The van der Waals surface area contributed by atoms with E-state index in [-0.39, 0.29) is 0 Å². The van der Waals surface area contributed by atoms with Crippen LogP contribution in [-0.4, -0.2) is 31.1 Å². The van der Waals surface area contributed by atoms with Gasteiger partial charge in [0.25, 0.3) is 0 Å². The lowest BCUT2D eigenvalue weighted by atomic mass is 9.79. The quantitative estimate of drug-likeness (QED) is 0.597. The molecule has 1 aliphatic heterocycles. The average molecular weight is 371 g/mol. The monoisotopic (exact) mass is 371 g/mol. The largest absolute Gasteiger partial charge is 0.496 e. The second-order valence-electron chi connectivity index (χ2n) is 5.92. The molecule has 0 saturated carbocycles. The number of methoxy groups -OCH3 is 1. The minimum Gasteiger partial charge on any atom is -0.496 e. The third kappa shape index (κ3) is 3.29. The number of carbonyl (C=O) groups excluding carboxylic acids is 1. The molecule has 1 saturated heterocycles. The second-order valence-corrected chi connectivity index (χ2v) is 5.92. The molecule has 0 radical (unpaired) electrons. The highest BCUT2D eigenvalue weighted by Crippen LogP contribution is 2.54. The zero-order valence-electron chi connectivity index (χ0n) is 16.4. The number of esters is 1. The van der Waals surface area contributed by atoms with Crippen molar-refractivity contribution in [1.82, 2.24) is 0 Å². The molecule has 0 spiro atoms. The van der Waals surface area contributed by atoms with Crippen LogP contribution in [0.2, 0.25) is 0 Å². The fraction of sp³-hybridized carbons (Fsp3) is 0.562. The number of alkyl halides is 3. The van der Waals surface area contributed by atoms with Gasteiger partial charge >= 0.3 is 12.1 Å². The Balaban J connectivity index is 2.64. The van der Waals surface area contributed by atoms with Crippen molar-refractivity contribution in [1.29, 1.82) is 0 Å². The first-order valence-corrected chi connectivity index (χ1v) is 7.16. The van der Waals surface area contributed by atoms with Crippen LogP contribution >= 0.6 is 0 Å². The van der Waals surface area contributed by atoms with E-state index in [1.165, 1.54) is 0 Å². The van der Waals surface area contributed by atoms with Crippen LogP contribution in [0.15, 0.2) is 12.1 Å². The van der Waals surface area contributed by atoms with E-state index in [1.807, 2.05) is 0 Å². The van der Waals surface area contributed by atoms with Gasteiger partial charge in [-0.3, -0.25) is 4.79 Å². The summed E-state index contributed by atoms with van der Waals surface area (Å²) in [5.41, 5.74) is -3.23. The Kier molecular flexibility index (Phi) is 3.95. The van der Waals surface area contributed by atoms with Gasteiger partial charge in [0.15, 0.2) is 17.2 Å². The molecule has 1 aromatic rings. The van der Waals surface area contributed by atoms with E-state index in [2.05, 4.69) is 4.74 Å². The lowest BCUT2D eigenvalue weighted by Crippen LogP contribution is -2.47. The first kappa shape index (κ1) is 15.4. The van der Waals surface area contributed by atoms with E-state index < -0.39 is 65.9 Å². The molecule has 4 atom stereocenters. The summed E-state index contributed by atoms with van der Waals surface area (Å²) >= 11 is 0. The summed E-state index contributed by atoms with van der Waals surface area (Å²) in [7, 11) is -3.09. The molecular formula is C16H17F5O4. The Morgan fingerprint density at radius 1 is 1.32 bits per heavy atom. The maximum Gasteiger partial charge on any atom is 0.417 e. The van der Waals surface area contributed by atoms with Crippen molar-refractivity contribution >= 4 is 5.97 Å². The van der Waals surface area contributed by atoms with Crippen molar-refractivity contribution in [2.45, 2.75) is 44.8 Å². The number of carbonyl (C=O) groups is 1. The van der Waals surface area contributed by atoms with Crippen LogP contribution in [0.1, 0.15) is 36.4 Å². The molecule has 1 fully saturated rings. The van der Waals surface area contributed by atoms with Crippen LogP contribution in [0.4, 0.5) is 22.0 Å². The van der Waals surface area contributed by atoms with E-state index in [0.29, 0.717) is 12.1 Å². The van der Waals surface area contributed by atoms with Crippen LogP contribution in [0.3, 0.4) is 0 Å².